The van der Waals surface area contributed by atoms with E-state index in [0.29, 0.717) is 22.3 Å². The van der Waals surface area contributed by atoms with Crippen molar-refractivity contribution in [3.8, 4) is 17.0 Å². The number of aromatic hydroxyl groups is 1. The number of phenols is 1. The molecule has 2 aromatic carbocycles. The lowest BCUT2D eigenvalue weighted by Crippen LogP contribution is -2.14. The van der Waals surface area contributed by atoms with E-state index < -0.39 is 0 Å². The van der Waals surface area contributed by atoms with E-state index in [9.17, 15) is 5.11 Å². The van der Waals surface area contributed by atoms with Gasteiger partial charge in [-0.2, -0.15) is 0 Å². The first kappa shape index (κ1) is 15.9. The molecule has 0 radical (unpaired) electrons. The minimum Gasteiger partial charge on any atom is -0.508 e. The van der Waals surface area contributed by atoms with E-state index in [1.165, 1.54) is 0 Å². The summed E-state index contributed by atoms with van der Waals surface area (Å²) < 4.78 is 0. The minimum absolute atomic E-state index is 0.236. The molecule has 0 unspecified atom stereocenters. The summed E-state index contributed by atoms with van der Waals surface area (Å²) in [5, 5.41) is 10.4. The van der Waals surface area contributed by atoms with E-state index in [4.69, 9.17) is 28.9 Å². The molecule has 1 heterocycles. The van der Waals surface area contributed by atoms with Crippen LogP contribution in [-0.4, -0.2) is 15.1 Å². The lowest BCUT2D eigenvalue weighted by molar-refractivity contribution is 0.475. The van der Waals surface area contributed by atoms with Gasteiger partial charge in [0.1, 0.15) is 11.6 Å². The SMILES string of the molecule is N[C@@H](Cc1ccc(O)cc1)c1nc(-c2ccc(Cl)cc2Cl)c[nH]1. The third-order valence-corrected chi connectivity index (χ3v) is 4.10. The molecule has 1 atom stereocenters. The average Bonchev–Trinajstić information content (AvgIpc) is 2.99. The number of nitrogens with one attached hydrogen (secondary N) is 1. The molecule has 0 bridgehead atoms. The van der Waals surface area contributed by atoms with E-state index >= 15 is 0 Å². The fourth-order valence-corrected chi connectivity index (χ4v) is 2.85. The Morgan fingerprint density at radius 1 is 1.13 bits per heavy atom. The molecule has 0 aliphatic heterocycles. The molecule has 0 spiro atoms. The number of nitrogens with two attached hydrogens (primary N) is 1. The Balaban J connectivity index is 1.79. The molecule has 0 amide bonds. The molecular weight excluding hydrogens is 333 g/mol. The molecule has 3 aromatic rings. The van der Waals surface area contributed by atoms with Crippen LogP contribution < -0.4 is 5.73 Å². The second-order valence-corrected chi connectivity index (χ2v) is 6.12. The van der Waals surface area contributed by atoms with Gasteiger partial charge in [0, 0.05) is 16.8 Å². The Morgan fingerprint density at radius 2 is 1.87 bits per heavy atom. The van der Waals surface area contributed by atoms with Crippen molar-refractivity contribution >= 4 is 23.2 Å². The van der Waals surface area contributed by atoms with Crippen LogP contribution in [0.25, 0.3) is 11.3 Å². The van der Waals surface area contributed by atoms with Gasteiger partial charge in [0.2, 0.25) is 0 Å². The van der Waals surface area contributed by atoms with Gasteiger partial charge in [-0.05, 0) is 42.3 Å². The fraction of sp³-hybridized carbons (Fsp3) is 0.118. The summed E-state index contributed by atoms with van der Waals surface area (Å²) in [7, 11) is 0. The van der Waals surface area contributed by atoms with Gasteiger partial charge >= 0.3 is 0 Å². The normalized spacial score (nSPS) is 12.3. The van der Waals surface area contributed by atoms with E-state index in [2.05, 4.69) is 9.97 Å². The maximum Gasteiger partial charge on any atom is 0.124 e. The Labute approximate surface area is 143 Å². The van der Waals surface area contributed by atoms with Crippen LogP contribution in [0.15, 0.2) is 48.7 Å². The first-order chi connectivity index (χ1) is 11.0. The van der Waals surface area contributed by atoms with Gasteiger partial charge < -0.3 is 15.8 Å². The van der Waals surface area contributed by atoms with Gasteiger partial charge in [0.15, 0.2) is 0 Å². The zero-order valence-electron chi connectivity index (χ0n) is 12.1. The number of hydrogen-bond acceptors (Lipinski definition) is 3. The fourth-order valence-electron chi connectivity index (χ4n) is 2.34. The van der Waals surface area contributed by atoms with Gasteiger partial charge in [-0.15, -0.1) is 0 Å². The summed E-state index contributed by atoms with van der Waals surface area (Å²) in [6.07, 6.45) is 2.39. The Hall–Kier alpha value is -2.01. The number of H-pyrrole nitrogens is 1. The minimum atomic E-state index is -0.278. The number of phenolic OH excluding ortho intramolecular Hbond substituents is 1. The van der Waals surface area contributed by atoms with Gasteiger partial charge in [-0.1, -0.05) is 35.3 Å². The van der Waals surface area contributed by atoms with Gasteiger partial charge in [-0.25, -0.2) is 4.98 Å². The third kappa shape index (κ3) is 3.67. The van der Waals surface area contributed by atoms with Crippen molar-refractivity contribution in [2.45, 2.75) is 12.5 Å². The Kier molecular flexibility index (Phi) is 4.57. The monoisotopic (exact) mass is 347 g/mol. The van der Waals surface area contributed by atoms with Gasteiger partial charge in [0.25, 0.3) is 0 Å². The number of imidazole rings is 1. The standard InChI is InChI=1S/C17H15Cl2N3O/c18-11-3-6-13(14(19)8-11)16-9-21-17(22-16)15(20)7-10-1-4-12(23)5-2-10/h1-6,8-9,15,23H,7,20H2,(H,21,22)/t15-/m0/s1. The molecule has 4 N–H and O–H groups in total. The highest BCUT2D eigenvalue weighted by Crippen LogP contribution is 2.29. The molecule has 118 valence electrons. The maximum absolute atomic E-state index is 9.31. The van der Waals surface area contributed by atoms with Crippen LogP contribution in [-0.2, 0) is 6.42 Å². The van der Waals surface area contributed by atoms with Crippen molar-refractivity contribution < 1.29 is 5.11 Å². The Morgan fingerprint density at radius 3 is 2.57 bits per heavy atom. The van der Waals surface area contributed by atoms with Crippen LogP contribution in [0, 0.1) is 0 Å². The molecule has 0 aliphatic rings. The predicted octanol–water partition coefficient (Wildman–Crippen LogP) is 4.33. The van der Waals surface area contributed by atoms with Crippen LogP contribution in [0.1, 0.15) is 17.4 Å². The van der Waals surface area contributed by atoms with Crippen LogP contribution in [0.5, 0.6) is 5.75 Å². The number of nitrogens with zero attached hydrogens (tertiary/aromatic N) is 1. The van der Waals surface area contributed by atoms with Crippen molar-refractivity contribution in [1.29, 1.82) is 0 Å². The number of rotatable bonds is 4. The van der Waals surface area contributed by atoms with E-state index in [1.807, 2.05) is 18.2 Å². The number of hydrogen-bond donors (Lipinski definition) is 3. The van der Waals surface area contributed by atoms with Crippen molar-refractivity contribution in [3.05, 3.63) is 70.1 Å². The zero-order chi connectivity index (χ0) is 16.4. The van der Waals surface area contributed by atoms with Crippen LogP contribution in [0.4, 0.5) is 0 Å². The molecule has 0 aliphatic carbocycles. The second kappa shape index (κ2) is 6.62. The predicted molar refractivity (Wildman–Crippen MR) is 92.8 cm³/mol. The molecule has 0 fully saturated rings. The second-order valence-electron chi connectivity index (χ2n) is 5.27. The summed E-state index contributed by atoms with van der Waals surface area (Å²) in [5.41, 5.74) is 8.76. The van der Waals surface area contributed by atoms with Crippen LogP contribution in [0.3, 0.4) is 0 Å². The zero-order valence-corrected chi connectivity index (χ0v) is 13.6. The maximum atomic E-state index is 9.31. The van der Waals surface area contributed by atoms with Gasteiger partial charge in [-0.3, -0.25) is 0 Å². The molecule has 0 saturated carbocycles. The summed E-state index contributed by atoms with van der Waals surface area (Å²) in [6, 6.07) is 12.0. The smallest absolute Gasteiger partial charge is 0.124 e. The Bertz CT molecular complexity index is 815. The molecule has 6 heteroatoms. The van der Waals surface area contributed by atoms with Crippen molar-refractivity contribution in [3.63, 3.8) is 0 Å². The first-order valence-electron chi connectivity index (χ1n) is 7.07. The van der Waals surface area contributed by atoms with Crippen molar-refractivity contribution in [2.24, 2.45) is 5.73 Å². The average molecular weight is 348 g/mol. The highest BCUT2D eigenvalue weighted by atomic mass is 35.5. The molecule has 1 aromatic heterocycles. The summed E-state index contributed by atoms with van der Waals surface area (Å²) in [4.78, 5) is 7.63. The largest absolute Gasteiger partial charge is 0.508 e. The number of aromatic nitrogens is 2. The van der Waals surface area contributed by atoms with Crippen LogP contribution >= 0.6 is 23.2 Å². The van der Waals surface area contributed by atoms with Crippen LogP contribution in [0.2, 0.25) is 10.0 Å². The molecule has 4 nitrogen and oxygen atoms in total. The van der Waals surface area contributed by atoms with Crippen molar-refractivity contribution in [1.82, 2.24) is 9.97 Å². The highest BCUT2D eigenvalue weighted by molar-refractivity contribution is 6.36. The molecule has 3 rings (SSSR count). The van der Waals surface area contributed by atoms with Crippen molar-refractivity contribution in [2.75, 3.05) is 0 Å². The first-order valence-corrected chi connectivity index (χ1v) is 7.83. The number of halogens is 2. The lowest BCUT2D eigenvalue weighted by Gasteiger charge is -2.09. The lowest BCUT2D eigenvalue weighted by atomic mass is 10.1. The number of aromatic amines is 1. The molecule has 0 saturated heterocycles. The summed E-state index contributed by atoms with van der Waals surface area (Å²) in [6.45, 7) is 0. The summed E-state index contributed by atoms with van der Waals surface area (Å²) >= 11 is 12.1. The van der Waals surface area contributed by atoms with Gasteiger partial charge in [0.05, 0.1) is 16.8 Å². The third-order valence-electron chi connectivity index (χ3n) is 3.55. The summed E-state index contributed by atoms with van der Waals surface area (Å²) in [5.74, 6) is 0.916. The van der Waals surface area contributed by atoms with E-state index in [1.54, 1.807) is 30.5 Å². The topological polar surface area (TPSA) is 74.9 Å². The van der Waals surface area contributed by atoms with E-state index in [-0.39, 0.29) is 11.8 Å². The highest BCUT2D eigenvalue weighted by Gasteiger charge is 2.14. The number of benzene rings is 2. The van der Waals surface area contributed by atoms with E-state index in [0.717, 1.165) is 16.8 Å². The molecule has 23 heavy (non-hydrogen) atoms. The molecular formula is C17H15Cl2N3O. The quantitative estimate of drug-likeness (QED) is 0.657.